The molecule has 0 saturated carbocycles. The molecule has 0 aliphatic carbocycles. The average molecular weight is 262 g/mol. The predicted molar refractivity (Wildman–Crippen MR) is 65.5 cm³/mol. The Bertz CT molecular complexity index is 254. The van der Waals surface area contributed by atoms with E-state index in [1.165, 1.54) is 0 Å². The summed E-state index contributed by atoms with van der Waals surface area (Å²) in [6.45, 7) is 3.25. The molecule has 0 spiro atoms. The van der Waals surface area contributed by atoms with E-state index in [0.29, 0.717) is 25.1 Å². The van der Waals surface area contributed by atoms with E-state index in [1.807, 2.05) is 0 Å². The van der Waals surface area contributed by atoms with Gasteiger partial charge >= 0.3 is 0 Å². The summed E-state index contributed by atoms with van der Waals surface area (Å²) in [5.74, 6) is 0. The molecule has 16 heavy (non-hydrogen) atoms. The molecule has 6 heteroatoms. The van der Waals surface area contributed by atoms with E-state index in [-0.39, 0.29) is 12.8 Å². The van der Waals surface area contributed by atoms with Crippen molar-refractivity contribution in [2.24, 2.45) is 0 Å². The first-order valence-electron chi connectivity index (χ1n) is 4.62. The van der Waals surface area contributed by atoms with Crippen molar-refractivity contribution in [2.75, 3.05) is 0 Å². The Labute approximate surface area is 102 Å². The Morgan fingerprint density at radius 2 is 1.12 bits per heavy atom. The normalized spacial score (nSPS) is 17.9. The van der Waals surface area contributed by atoms with Gasteiger partial charge in [-0.1, -0.05) is 21.6 Å². The smallest absolute Gasteiger partial charge is 0.137 e. The zero-order chi connectivity index (χ0) is 12.7. The lowest BCUT2D eigenvalue weighted by molar-refractivity contribution is -0.113. The molecule has 90 valence electrons. The highest BCUT2D eigenvalue weighted by Crippen LogP contribution is 2.44. The molecule has 0 aliphatic heterocycles. The molecule has 0 amide bonds. The van der Waals surface area contributed by atoms with Crippen molar-refractivity contribution in [3.63, 3.8) is 0 Å². The zero-order valence-electron chi connectivity index (χ0n) is 9.17. The molecule has 4 nitrogen and oxygen atoms in total. The standard InChI is InChI=1S/C10H14O4S2/c1-9(7-13,3-5-11)15-16-10(2,8-14)4-6-12/h5-8H,3-4H2,1-2H3. The second-order valence-electron chi connectivity index (χ2n) is 3.77. The number of hydrogen-bond acceptors (Lipinski definition) is 6. The number of carbonyl (C=O) groups is 4. The van der Waals surface area contributed by atoms with Gasteiger partial charge in [0.1, 0.15) is 25.1 Å². The van der Waals surface area contributed by atoms with Crippen LogP contribution in [0.4, 0.5) is 0 Å². The lowest BCUT2D eigenvalue weighted by atomic mass is 10.1. The van der Waals surface area contributed by atoms with Gasteiger partial charge in [0.15, 0.2) is 0 Å². The molecule has 0 heterocycles. The number of carbonyl (C=O) groups excluding carboxylic acids is 4. The third kappa shape index (κ3) is 4.94. The van der Waals surface area contributed by atoms with Crippen LogP contribution >= 0.6 is 21.6 Å². The Kier molecular flexibility index (Phi) is 6.59. The Morgan fingerprint density at radius 1 is 0.812 bits per heavy atom. The molecule has 0 aliphatic rings. The van der Waals surface area contributed by atoms with Crippen molar-refractivity contribution in [3.05, 3.63) is 0 Å². The van der Waals surface area contributed by atoms with E-state index in [0.717, 1.165) is 21.6 Å². The second kappa shape index (κ2) is 6.85. The summed E-state index contributed by atoms with van der Waals surface area (Å²) < 4.78 is -1.70. The molecule has 0 radical (unpaired) electrons. The quantitative estimate of drug-likeness (QED) is 0.463. The summed E-state index contributed by atoms with van der Waals surface area (Å²) in [4.78, 5) is 42.4. The topological polar surface area (TPSA) is 68.3 Å². The molecule has 0 bridgehead atoms. The average Bonchev–Trinajstić information content (AvgIpc) is 2.27. The Morgan fingerprint density at radius 3 is 1.31 bits per heavy atom. The third-order valence-corrected chi connectivity index (χ3v) is 5.80. The van der Waals surface area contributed by atoms with Gasteiger partial charge in [-0.2, -0.15) is 0 Å². The first-order valence-corrected chi connectivity index (χ1v) is 6.77. The van der Waals surface area contributed by atoms with E-state index < -0.39 is 9.49 Å². The van der Waals surface area contributed by atoms with Crippen LogP contribution in [0.15, 0.2) is 0 Å². The van der Waals surface area contributed by atoms with Crippen LogP contribution in [-0.2, 0) is 19.2 Å². The maximum Gasteiger partial charge on any atom is 0.137 e. The van der Waals surface area contributed by atoms with Crippen molar-refractivity contribution in [2.45, 2.75) is 36.2 Å². The zero-order valence-corrected chi connectivity index (χ0v) is 10.8. The molecule has 0 rings (SSSR count). The second-order valence-corrected chi connectivity index (χ2v) is 6.97. The molecular weight excluding hydrogens is 248 g/mol. The SMILES string of the molecule is CC(C=O)(CC=O)SSC(C)(C=O)CC=O. The summed E-state index contributed by atoms with van der Waals surface area (Å²) in [5, 5.41) is 0. The van der Waals surface area contributed by atoms with Gasteiger partial charge in [-0.3, -0.25) is 0 Å². The fourth-order valence-electron chi connectivity index (χ4n) is 0.725. The molecule has 2 atom stereocenters. The lowest BCUT2D eigenvalue weighted by Crippen LogP contribution is -2.26. The summed E-state index contributed by atoms with van der Waals surface area (Å²) >= 11 is 0. The highest BCUT2D eigenvalue weighted by molar-refractivity contribution is 8.78. The van der Waals surface area contributed by atoms with Crippen LogP contribution in [-0.4, -0.2) is 34.6 Å². The van der Waals surface area contributed by atoms with Gasteiger partial charge in [-0.05, 0) is 13.8 Å². The minimum Gasteiger partial charge on any atom is -0.303 e. The van der Waals surface area contributed by atoms with Gasteiger partial charge in [0.05, 0.1) is 9.49 Å². The highest BCUT2D eigenvalue weighted by Gasteiger charge is 2.31. The van der Waals surface area contributed by atoms with E-state index in [2.05, 4.69) is 0 Å². The largest absolute Gasteiger partial charge is 0.303 e. The van der Waals surface area contributed by atoms with Gasteiger partial charge < -0.3 is 19.2 Å². The van der Waals surface area contributed by atoms with Gasteiger partial charge in [0.25, 0.3) is 0 Å². The van der Waals surface area contributed by atoms with Gasteiger partial charge in [-0.25, -0.2) is 0 Å². The molecule has 0 aromatic carbocycles. The maximum atomic E-state index is 10.8. The van der Waals surface area contributed by atoms with E-state index >= 15 is 0 Å². The van der Waals surface area contributed by atoms with Gasteiger partial charge in [0, 0.05) is 12.8 Å². The van der Waals surface area contributed by atoms with E-state index in [4.69, 9.17) is 0 Å². The van der Waals surface area contributed by atoms with E-state index in [1.54, 1.807) is 13.8 Å². The summed E-state index contributed by atoms with van der Waals surface area (Å²) in [6, 6.07) is 0. The van der Waals surface area contributed by atoms with Crippen molar-refractivity contribution >= 4 is 46.7 Å². The number of rotatable bonds is 9. The molecule has 2 unspecified atom stereocenters. The van der Waals surface area contributed by atoms with Crippen LogP contribution in [0.3, 0.4) is 0 Å². The van der Waals surface area contributed by atoms with Crippen molar-refractivity contribution in [1.29, 1.82) is 0 Å². The molecule has 0 saturated heterocycles. The van der Waals surface area contributed by atoms with Crippen LogP contribution < -0.4 is 0 Å². The molecule has 0 N–H and O–H groups in total. The van der Waals surface area contributed by atoms with Crippen molar-refractivity contribution < 1.29 is 19.2 Å². The summed E-state index contributed by atoms with van der Waals surface area (Å²) in [6.07, 6.45) is 2.88. The fourth-order valence-corrected chi connectivity index (χ4v) is 3.24. The van der Waals surface area contributed by atoms with Crippen molar-refractivity contribution in [3.8, 4) is 0 Å². The summed E-state index contributed by atoms with van der Waals surface area (Å²) in [5.41, 5.74) is 0. The van der Waals surface area contributed by atoms with Crippen LogP contribution in [0.25, 0.3) is 0 Å². The Balaban J connectivity index is 4.49. The minimum atomic E-state index is -0.848. The highest BCUT2D eigenvalue weighted by atomic mass is 33.1. The third-order valence-electron chi connectivity index (χ3n) is 1.90. The van der Waals surface area contributed by atoms with Crippen LogP contribution in [0.5, 0.6) is 0 Å². The fraction of sp³-hybridized carbons (Fsp3) is 0.600. The molecule has 0 aromatic rings. The molecule has 0 fully saturated rings. The molecular formula is C10H14O4S2. The van der Waals surface area contributed by atoms with Crippen LogP contribution in [0.1, 0.15) is 26.7 Å². The monoisotopic (exact) mass is 262 g/mol. The van der Waals surface area contributed by atoms with Gasteiger partial charge in [-0.15, -0.1) is 0 Å². The first kappa shape index (κ1) is 15.4. The predicted octanol–water partition coefficient (Wildman–Crippen LogP) is 1.46. The van der Waals surface area contributed by atoms with Crippen LogP contribution in [0, 0.1) is 0 Å². The minimum absolute atomic E-state index is 0.0875. The van der Waals surface area contributed by atoms with E-state index in [9.17, 15) is 19.2 Å². The summed E-state index contributed by atoms with van der Waals surface area (Å²) in [7, 11) is 2.29. The van der Waals surface area contributed by atoms with Crippen molar-refractivity contribution in [1.82, 2.24) is 0 Å². The number of hydrogen-bond donors (Lipinski definition) is 0. The number of aldehydes is 4. The molecule has 0 aromatic heterocycles. The van der Waals surface area contributed by atoms with Gasteiger partial charge in [0.2, 0.25) is 0 Å². The first-order chi connectivity index (χ1) is 7.45. The van der Waals surface area contributed by atoms with Crippen LogP contribution in [0.2, 0.25) is 0 Å². The maximum absolute atomic E-state index is 10.8. The Hall–Kier alpha value is -0.620. The lowest BCUT2D eigenvalue weighted by Gasteiger charge is -2.25.